The minimum Gasteiger partial charge on any atom is -0.495 e. The molecule has 1 aromatic carbocycles. The van der Waals surface area contributed by atoms with Crippen LogP contribution in [0.2, 0.25) is 0 Å². The molecule has 1 saturated heterocycles. The Hall–Kier alpha value is -0.900. The number of sulfonamides is 1. The molecule has 2 atom stereocenters. The van der Waals surface area contributed by atoms with E-state index in [0.717, 1.165) is 12.8 Å². The van der Waals surface area contributed by atoms with Gasteiger partial charge in [0.2, 0.25) is 15.9 Å². The zero-order valence-electron chi connectivity index (χ0n) is 17.7. The zero-order valence-corrected chi connectivity index (χ0v) is 20.2. The minimum atomic E-state index is -3.59. The Kier molecular flexibility index (Phi) is 6.36. The van der Waals surface area contributed by atoms with Gasteiger partial charge in [0.25, 0.3) is 0 Å². The molecular weight excluding hydrogens is 440 g/mol. The molecule has 3 fully saturated rings. The maximum absolute atomic E-state index is 13.2. The summed E-state index contributed by atoms with van der Waals surface area (Å²) in [4.78, 5) is 13.4. The second-order valence-corrected chi connectivity index (χ2v) is 13.7. The van der Waals surface area contributed by atoms with E-state index >= 15 is 0 Å². The Labute approximate surface area is 187 Å². The molecule has 1 N–H and O–H groups in total. The lowest BCUT2D eigenvalue weighted by Gasteiger charge is -2.52. The summed E-state index contributed by atoms with van der Waals surface area (Å²) in [6.45, 7) is 0. The molecule has 1 spiro atoms. The van der Waals surface area contributed by atoms with Gasteiger partial charge in [0.15, 0.2) is 0 Å². The molecule has 2 aliphatic carbocycles. The van der Waals surface area contributed by atoms with Crippen molar-refractivity contribution in [3.05, 3.63) is 18.2 Å². The average molecular weight is 471 g/mol. The molecule has 6 nitrogen and oxygen atoms in total. The summed E-state index contributed by atoms with van der Waals surface area (Å²) in [5.74, 6) is 4.02. The summed E-state index contributed by atoms with van der Waals surface area (Å²) in [6, 6.07) is 4.61. The van der Waals surface area contributed by atoms with Crippen LogP contribution in [0.4, 0.5) is 5.69 Å². The standard InChI is InChI=1S/C21H30N2O4S3/c1-23(2)30(25,26)17-7-8-19(27-3)18(13-17)22-20(24)14-11-15-5-4-6-16(12-14)21(15)28-9-10-29-21/h7-8,13-16H,4-6,9-12H2,1-3H3,(H,22,24). The maximum Gasteiger partial charge on any atom is 0.242 e. The molecule has 1 amide bonds. The van der Waals surface area contributed by atoms with Gasteiger partial charge in [-0.15, -0.1) is 23.5 Å². The van der Waals surface area contributed by atoms with Gasteiger partial charge in [-0.25, -0.2) is 12.7 Å². The molecule has 1 heterocycles. The first-order chi connectivity index (χ1) is 14.3. The highest BCUT2D eigenvalue weighted by atomic mass is 32.2. The van der Waals surface area contributed by atoms with Crippen molar-refractivity contribution in [1.29, 1.82) is 0 Å². The number of carbonyl (C=O) groups excluding carboxylic acids is 1. The molecule has 1 aliphatic heterocycles. The fourth-order valence-electron chi connectivity index (χ4n) is 5.21. The van der Waals surface area contributed by atoms with E-state index in [1.54, 1.807) is 6.07 Å². The van der Waals surface area contributed by atoms with Crippen LogP contribution < -0.4 is 10.1 Å². The highest BCUT2D eigenvalue weighted by molar-refractivity contribution is 8.21. The second kappa shape index (κ2) is 8.56. The monoisotopic (exact) mass is 470 g/mol. The molecule has 1 aromatic rings. The van der Waals surface area contributed by atoms with E-state index in [2.05, 4.69) is 28.8 Å². The topological polar surface area (TPSA) is 75.7 Å². The molecule has 2 saturated carbocycles. The molecular formula is C21H30N2O4S3. The molecule has 166 valence electrons. The third kappa shape index (κ3) is 3.87. The van der Waals surface area contributed by atoms with Crippen molar-refractivity contribution in [2.45, 2.75) is 41.1 Å². The number of nitrogens with one attached hydrogen (secondary N) is 1. The number of carbonyl (C=O) groups is 1. The van der Waals surface area contributed by atoms with E-state index in [0.29, 0.717) is 27.4 Å². The van der Waals surface area contributed by atoms with Crippen molar-refractivity contribution in [3.8, 4) is 5.75 Å². The number of amides is 1. The van der Waals surface area contributed by atoms with Crippen LogP contribution in [-0.4, -0.2) is 55.4 Å². The number of ether oxygens (including phenoxy) is 1. The van der Waals surface area contributed by atoms with Crippen molar-refractivity contribution in [2.24, 2.45) is 17.8 Å². The zero-order chi connectivity index (χ0) is 21.5. The van der Waals surface area contributed by atoms with Gasteiger partial charge in [-0.1, -0.05) is 6.42 Å². The summed E-state index contributed by atoms with van der Waals surface area (Å²) < 4.78 is 31.9. The number of rotatable bonds is 5. The van der Waals surface area contributed by atoms with E-state index in [1.165, 1.54) is 68.4 Å². The molecule has 2 bridgehead atoms. The fraction of sp³-hybridized carbons (Fsp3) is 0.667. The van der Waals surface area contributed by atoms with Crippen LogP contribution in [0, 0.1) is 17.8 Å². The third-order valence-electron chi connectivity index (χ3n) is 6.70. The van der Waals surface area contributed by atoms with Gasteiger partial charge in [-0.2, -0.15) is 0 Å². The lowest BCUT2D eigenvalue weighted by molar-refractivity contribution is -0.122. The summed E-state index contributed by atoms with van der Waals surface area (Å²) >= 11 is 4.26. The highest BCUT2D eigenvalue weighted by Gasteiger charge is 2.55. The first-order valence-corrected chi connectivity index (χ1v) is 13.9. The summed E-state index contributed by atoms with van der Waals surface area (Å²) in [6.07, 6.45) is 5.52. The van der Waals surface area contributed by atoms with Crippen LogP contribution in [-0.2, 0) is 14.8 Å². The van der Waals surface area contributed by atoms with Gasteiger partial charge in [-0.3, -0.25) is 4.79 Å². The Morgan fingerprint density at radius 1 is 1.17 bits per heavy atom. The molecule has 9 heteroatoms. The van der Waals surface area contributed by atoms with E-state index in [4.69, 9.17) is 4.74 Å². The summed E-state index contributed by atoms with van der Waals surface area (Å²) in [5.41, 5.74) is 0.417. The Balaban J connectivity index is 1.54. The van der Waals surface area contributed by atoms with Gasteiger partial charge in [0.1, 0.15) is 5.75 Å². The Bertz CT molecular complexity index is 897. The predicted molar refractivity (Wildman–Crippen MR) is 124 cm³/mol. The lowest BCUT2D eigenvalue weighted by atomic mass is 9.67. The van der Waals surface area contributed by atoms with Crippen molar-refractivity contribution in [1.82, 2.24) is 4.31 Å². The van der Waals surface area contributed by atoms with Crippen LogP contribution in [0.5, 0.6) is 5.75 Å². The summed E-state index contributed by atoms with van der Waals surface area (Å²) in [5, 5.41) is 2.99. The number of nitrogens with zero attached hydrogens (tertiary/aromatic N) is 1. The fourth-order valence-corrected chi connectivity index (χ4v) is 10.1. The molecule has 0 aromatic heterocycles. The smallest absolute Gasteiger partial charge is 0.242 e. The van der Waals surface area contributed by atoms with Crippen LogP contribution in [0.25, 0.3) is 0 Å². The Morgan fingerprint density at radius 3 is 2.37 bits per heavy atom. The SMILES string of the molecule is COc1ccc(S(=O)(=O)N(C)C)cc1NC(=O)C1CC2CCCC(C1)C21SCCS1. The molecule has 2 unspecified atom stereocenters. The van der Waals surface area contributed by atoms with Crippen LogP contribution in [0.1, 0.15) is 32.1 Å². The van der Waals surface area contributed by atoms with Gasteiger partial charge < -0.3 is 10.1 Å². The number of methoxy groups -OCH3 is 1. The first-order valence-electron chi connectivity index (χ1n) is 10.5. The van der Waals surface area contributed by atoms with Crippen LogP contribution >= 0.6 is 23.5 Å². The van der Waals surface area contributed by atoms with Gasteiger partial charge in [0.05, 0.1) is 21.8 Å². The average Bonchev–Trinajstić information content (AvgIpc) is 3.17. The molecule has 0 radical (unpaired) electrons. The molecule has 4 rings (SSSR count). The van der Waals surface area contributed by atoms with E-state index < -0.39 is 10.0 Å². The van der Waals surface area contributed by atoms with Crippen LogP contribution in [0.15, 0.2) is 23.1 Å². The number of thioether (sulfide) groups is 2. The maximum atomic E-state index is 13.2. The number of hydrogen-bond acceptors (Lipinski definition) is 6. The highest BCUT2D eigenvalue weighted by Crippen LogP contribution is 2.64. The van der Waals surface area contributed by atoms with Crippen LogP contribution in [0.3, 0.4) is 0 Å². The number of hydrogen-bond donors (Lipinski definition) is 1. The lowest BCUT2D eigenvalue weighted by Crippen LogP contribution is -2.48. The first kappa shape index (κ1) is 22.3. The second-order valence-electron chi connectivity index (χ2n) is 8.55. The van der Waals surface area contributed by atoms with E-state index in [9.17, 15) is 13.2 Å². The number of benzene rings is 1. The third-order valence-corrected chi connectivity index (χ3v) is 12.5. The van der Waals surface area contributed by atoms with E-state index in [-0.39, 0.29) is 16.7 Å². The Morgan fingerprint density at radius 2 is 1.80 bits per heavy atom. The van der Waals surface area contributed by atoms with E-state index in [1.807, 2.05) is 0 Å². The molecule has 3 aliphatic rings. The minimum absolute atomic E-state index is 0.0209. The van der Waals surface area contributed by atoms with Crippen molar-refractivity contribution in [3.63, 3.8) is 0 Å². The predicted octanol–water partition coefficient (Wildman–Crippen LogP) is 3.89. The number of anilines is 1. The van der Waals surface area contributed by atoms with Gasteiger partial charge in [0, 0.05) is 31.5 Å². The van der Waals surface area contributed by atoms with Gasteiger partial charge >= 0.3 is 0 Å². The van der Waals surface area contributed by atoms with Crippen molar-refractivity contribution < 1.29 is 17.9 Å². The molecule has 30 heavy (non-hydrogen) atoms. The summed E-state index contributed by atoms with van der Waals surface area (Å²) in [7, 11) is 0.918. The largest absolute Gasteiger partial charge is 0.495 e. The van der Waals surface area contributed by atoms with Gasteiger partial charge in [-0.05, 0) is 55.7 Å². The quantitative estimate of drug-likeness (QED) is 0.704. The normalized spacial score (nSPS) is 27.9. The van der Waals surface area contributed by atoms with Crippen molar-refractivity contribution in [2.75, 3.05) is 38.0 Å². The van der Waals surface area contributed by atoms with Crippen molar-refractivity contribution >= 4 is 45.1 Å².